The van der Waals surface area contributed by atoms with Gasteiger partial charge in [0, 0.05) is 11.2 Å². The molecule has 0 atom stereocenters. The first-order valence-electron chi connectivity index (χ1n) is 5.69. The Balaban J connectivity index is 3.09. The van der Waals surface area contributed by atoms with Gasteiger partial charge >= 0.3 is 0 Å². The molecule has 0 saturated carbocycles. The third-order valence-electron chi connectivity index (χ3n) is 2.39. The number of nitrogen functional groups attached to an aromatic ring is 1. The van der Waals surface area contributed by atoms with E-state index in [1.807, 2.05) is 6.92 Å². The van der Waals surface area contributed by atoms with Crippen molar-refractivity contribution in [2.24, 2.45) is 0 Å². The number of hydrogen-bond acceptors (Lipinski definition) is 3. The van der Waals surface area contributed by atoms with Crippen LogP contribution in [0, 0.1) is 13.8 Å². The van der Waals surface area contributed by atoms with E-state index in [0.29, 0.717) is 11.4 Å². The van der Waals surface area contributed by atoms with Gasteiger partial charge in [0.25, 0.3) is 10.2 Å². The summed E-state index contributed by atoms with van der Waals surface area (Å²) in [6.45, 7) is 8.97. The number of hydrogen-bond donors (Lipinski definition) is 3. The minimum absolute atomic E-state index is 0.534. The second-order valence-corrected chi connectivity index (χ2v) is 6.84. The molecule has 102 valence electrons. The molecule has 4 N–H and O–H groups in total. The Morgan fingerprint density at radius 1 is 1.17 bits per heavy atom. The molecule has 5 nitrogen and oxygen atoms in total. The van der Waals surface area contributed by atoms with E-state index in [1.165, 1.54) is 0 Å². The molecule has 0 aromatic heterocycles. The normalized spacial score (nSPS) is 12.5. The lowest BCUT2D eigenvalue weighted by Gasteiger charge is -2.22. The molecule has 0 unspecified atom stereocenters. The van der Waals surface area contributed by atoms with Crippen LogP contribution in [0.25, 0.3) is 0 Å². The zero-order chi connectivity index (χ0) is 14.1. The van der Waals surface area contributed by atoms with Crippen molar-refractivity contribution >= 4 is 21.6 Å². The number of rotatable bonds is 3. The van der Waals surface area contributed by atoms with Gasteiger partial charge in [0.15, 0.2) is 0 Å². The van der Waals surface area contributed by atoms with Gasteiger partial charge in [-0.05, 0) is 51.8 Å². The lowest BCUT2D eigenvalue weighted by Crippen LogP contribution is -2.43. The van der Waals surface area contributed by atoms with E-state index in [4.69, 9.17) is 5.73 Å². The largest absolute Gasteiger partial charge is 0.398 e. The fourth-order valence-electron chi connectivity index (χ4n) is 1.58. The van der Waals surface area contributed by atoms with E-state index in [1.54, 1.807) is 39.8 Å². The van der Waals surface area contributed by atoms with E-state index in [0.717, 1.165) is 11.1 Å². The zero-order valence-corrected chi connectivity index (χ0v) is 12.3. The Hall–Kier alpha value is -1.27. The number of aryl methyl sites for hydroxylation is 1. The summed E-state index contributed by atoms with van der Waals surface area (Å²) < 4.78 is 29.0. The van der Waals surface area contributed by atoms with Gasteiger partial charge in [0.1, 0.15) is 0 Å². The molecule has 1 aromatic carbocycles. The van der Waals surface area contributed by atoms with Crippen molar-refractivity contribution in [3.8, 4) is 0 Å². The molecule has 0 radical (unpaired) electrons. The van der Waals surface area contributed by atoms with Crippen molar-refractivity contribution in [2.75, 3.05) is 10.5 Å². The fourth-order valence-corrected chi connectivity index (χ4v) is 3.02. The van der Waals surface area contributed by atoms with Gasteiger partial charge in [-0.1, -0.05) is 6.07 Å². The van der Waals surface area contributed by atoms with Crippen LogP contribution >= 0.6 is 0 Å². The molecule has 0 saturated heterocycles. The Bertz CT molecular complexity index is 545. The zero-order valence-electron chi connectivity index (χ0n) is 11.5. The first-order chi connectivity index (χ1) is 8.02. The summed E-state index contributed by atoms with van der Waals surface area (Å²) in [4.78, 5) is 0. The van der Waals surface area contributed by atoms with Crippen LogP contribution in [0.5, 0.6) is 0 Å². The van der Waals surface area contributed by atoms with Crippen molar-refractivity contribution in [1.29, 1.82) is 0 Å². The summed E-state index contributed by atoms with van der Waals surface area (Å²) in [6.07, 6.45) is 0. The highest BCUT2D eigenvalue weighted by atomic mass is 32.2. The third-order valence-corrected chi connectivity index (χ3v) is 3.75. The van der Waals surface area contributed by atoms with Crippen LogP contribution in [0.3, 0.4) is 0 Å². The predicted molar refractivity (Wildman–Crippen MR) is 75.8 cm³/mol. The maximum Gasteiger partial charge on any atom is 0.299 e. The molecular weight excluding hydrogens is 250 g/mol. The second kappa shape index (κ2) is 4.78. The molecule has 0 bridgehead atoms. The molecule has 0 aliphatic rings. The number of nitrogens with two attached hydrogens (primary N) is 1. The maximum atomic E-state index is 12.0. The summed E-state index contributed by atoms with van der Waals surface area (Å²) in [6, 6.07) is 3.55. The first kappa shape index (κ1) is 14.8. The molecule has 0 amide bonds. The molecule has 18 heavy (non-hydrogen) atoms. The Morgan fingerprint density at radius 3 is 2.22 bits per heavy atom. The number of anilines is 2. The molecule has 0 aliphatic heterocycles. The van der Waals surface area contributed by atoms with Crippen LogP contribution in [0.15, 0.2) is 12.1 Å². The van der Waals surface area contributed by atoms with Gasteiger partial charge in [0.05, 0.1) is 5.69 Å². The van der Waals surface area contributed by atoms with E-state index < -0.39 is 15.7 Å². The maximum absolute atomic E-state index is 12.0. The SMILES string of the molecule is Cc1ccc(N)c(C)c1NS(=O)(=O)NC(C)(C)C. The summed E-state index contributed by atoms with van der Waals surface area (Å²) in [5, 5.41) is 0. The Morgan fingerprint density at radius 2 is 1.72 bits per heavy atom. The highest BCUT2D eigenvalue weighted by Gasteiger charge is 2.21. The minimum Gasteiger partial charge on any atom is -0.398 e. The quantitative estimate of drug-likeness (QED) is 0.734. The van der Waals surface area contributed by atoms with Crippen molar-refractivity contribution < 1.29 is 8.42 Å². The van der Waals surface area contributed by atoms with E-state index in [9.17, 15) is 8.42 Å². The van der Waals surface area contributed by atoms with Crippen LogP contribution < -0.4 is 15.2 Å². The highest BCUT2D eigenvalue weighted by Crippen LogP contribution is 2.26. The second-order valence-electron chi connectivity index (χ2n) is 5.43. The van der Waals surface area contributed by atoms with Gasteiger partial charge in [-0.3, -0.25) is 4.72 Å². The molecule has 6 heteroatoms. The lowest BCUT2D eigenvalue weighted by atomic mass is 10.1. The van der Waals surface area contributed by atoms with Crippen LogP contribution in [-0.2, 0) is 10.2 Å². The molecule has 1 rings (SSSR count). The van der Waals surface area contributed by atoms with Crippen LogP contribution in [0.2, 0.25) is 0 Å². The summed E-state index contributed by atoms with van der Waals surface area (Å²) in [5.41, 5.74) is 7.91. The van der Waals surface area contributed by atoms with Crippen LogP contribution in [-0.4, -0.2) is 14.0 Å². The standard InChI is InChI=1S/C12H21N3O2S/c1-8-6-7-10(13)9(2)11(8)14-18(16,17)15-12(3,4)5/h6-7,14-15H,13H2,1-5H3. The smallest absolute Gasteiger partial charge is 0.299 e. The van der Waals surface area contributed by atoms with Gasteiger partial charge in [0.2, 0.25) is 0 Å². The summed E-state index contributed by atoms with van der Waals surface area (Å²) >= 11 is 0. The monoisotopic (exact) mass is 271 g/mol. The average molecular weight is 271 g/mol. The molecular formula is C12H21N3O2S. The van der Waals surface area contributed by atoms with Gasteiger partial charge < -0.3 is 5.73 Å². The van der Waals surface area contributed by atoms with Crippen LogP contribution in [0.1, 0.15) is 31.9 Å². The number of nitrogens with one attached hydrogen (secondary N) is 2. The van der Waals surface area contributed by atoms with Crippen molar-refractivity contribution in [3.05, 3.63) is 23.3 Å². The Kier molecular flexibility index (Phi) is 3.92. The van der Waals surface area contributed by atoms with Crippen LogP contribution in [0.4, 0.5) is 11.4 Å². The van der Waals surface area contributed by atoms with Gasteiger partial charge in [-0.25, -0.2) is 0 Å². The molecule has 0 heterocycles. The van der Waals surface area contributed by atoms with Gasteiger partial charge in [-0.2, -0.15) is 13.1 Å². The van der Waals surface area contributed by atoms with Crippen molar-refractivity contribution in [3.63, 3.8) is 0 Å². The molecule has 1 aromatic rings. The van der Waals surface area contributed by atoms with Crippen molar-refractivity contribution in [1.82, 2.24) is 4.72 Å². The van der Waals surface area contributed by atoms with E-state index >= 15 is 0 Å². The fraction of sp³-hybridized carbons (Fsp3) is 0.500. The first-order valence-corrected chi connectivity index (χ1v) is 7.17. The predicted octanol–water partition coefficient (Wildman–Crippen LogP) is 1.93. The number of benzene rings is 1. The molecule has 0 spiro atoms. The van der Waals surface area contributed by atoms with E-state index in [2.05, 4.69) is 9.44 Å². The highest BCUT2D eigenvalue weighted by molar-refractivity contribution is 7.90. The molecule has 0 fully saturated rings. The topological polar surface area (TPSA) is 84.2 Å². The lowest BCUT2D eigenvalue weighted by molar-refractivity contribution is 0.494. The summed E-state index contributed by atoms with van der Waals surface area (Å²) in [7, 11) is -3.61. The third kappa shape index (κ3) is 3.89. The van der Waals surface area contributed by atoms with Gasteiger partial charge in [-0.15, -0.1) is 0 Å². The Labute approximate surface area is 109 Å². The minimum atomic E-state index is -3.61. The average Bonchev–Trinajstić information content (AvgIpc) is 2.15. The molecule has 0 aliphatic carbocycles. The van der Waals surface area contributed by atoms with Crippen molar-refractivity contribution in [2.45, 2.75) is 40.2 Å². The summed E-state index contributed by atoms with van der Waals surface area (Å²) in [5.74, 6) is 0. The van der Waals surface area contributed by atoms with E-state index in [-0.39, 0.29) is 0 Å².